The van der Waals surface area contributed by atoms with Crippen molar-refractivity contribution in [3.05, 3.63) is 0 Å². The Morgan fingerprint density at radius 1 is 1.32 bits per heavy atom. The van der Waals surface area contributed by atoms with Crippen molar-refractivity contribution in [2.45, 2.75) is 59.2 Å². The van der Waals surface area contributed by atoms with Gasteiger partial charge in [-0.25, -0.2) is 4.79 Å². The Balaban J connectivity index is 4.31. The van der Waals surface area contributed by atoms with Crippen LogP contribution in [-0.4, -0.2) is 48.8 Å². The van der Waals surface area contributed by atoms with E-state index in [0.717, 1.165) is 0 Å². The van der Waals surface area contributed by atoms with E-state index in [1.54, 1.807) is 0 Å². The van der Waals surface area contributed by atoms with Gasteiger partial charge in [-0.05, 0) is 40.7 Å². The average Bonchev–Trinajstić information content (AvgIpc) is 2.25. The van der Waals surface area contributed by atoms with Gasteiger partial charge in [-0.15, -0.1) is 0 Å². The maximum atomic E-state index is 11.6. The average molecular weight is 273 g/mol. The molecule has 0 saturated carbocycles. The summed E-state index contributed by atoms with van der Waals surface area (Å²) in [5.74, 6) is 0.542. The number of carbonyl (C=O) groups excluding carboxylic acids is 1. The minimum Gasteiger partial charge on any atom is -0.444 e. The largest absolute Gasteiger partial charge is 0.444 e. The first-order chi connectivity index (χ1) is 8.58. The number of alkyl carbamates (subject to hydrolysis) is 1. The fourth-order valence-electron chi connectivity index (χ4n) is 1.71. The molecule has 0 heterocycles. The Morgan fingerprint density at radius 3 is 2.21 bits per heavy atom. The topological polar surface area (TPSA) is 67.6 Å². The first-order valence-electron chi connectivity index (χ1n) is 6.97. The Morgan fingerprint density at radius 2 is 1.84 bits per heavy atom. The molecule has 0 bridgehead atoms. The van der Waals surface area contributed by atoms with Crippen molar-refractivity contribution in [2.24, 2.45) is 11.7 Å². The van der Waals surface area contributed by atoms with Crippen LogP contribution in [0.25, 0.3) is 0 Å². The molecule has 0 aliphatic carbocycles. The molecule has 0 fully saturated rings. The molecule has 0 aromatic carbocycles. The van der Waals surface area contributed by atoms with E-state index in [2.05, 4.69) is 31.0 Å². The van der Waals surface area contributed by atoms with Gasteiger partial charge < -0.3 is 15.8 Å². The van der Waals surface area contributed by atoms with Crippen LogP contribution in [0.2, 0.25) is 0 Å². The van der Waals surface area contributed by atoms with Crippen LogP contribution < -0.4 is 11.1 Å². The molecule has 0 rings (SSSR count). The van der Waals surface area contributed by atoms with Crippen molar-refractivity contribution in [1.82, 2.24) is 10.2 Å². The highest BCUT2D eigenvalue weighted by Gasteiger charge is 2.22. The summed E-state index contributed by atoms with van der Waals surface area (Å²) in [6, 6.07) is 0.527. The molecule has 3 N–H and O–H groups in total. The van der Waals surface area contributed by atoms with E-state index in [-0.39, 0.29) is 6.04 Å². The van der Waals surface area contributed by atoms with Gasteiger partial charge in [0.05, 0.1) is 0 Å². The van der Waals surface area contributed by atoms with Crippen LogP contribution in [0.1, 0.15) is 41.5 Å². The minimum atomic E-state index is -0.473. The third-order valence-corrected chi connectivity index (χ3v) is 3.34. The van der Waals surface area contributed by atoms with E-state index in [1.807, 2.05) is 27.8 Å². The smallest absolute Gasteiger partial charge is 0.407 e. The fraction of sp³-hybridized carbons (Fsp3) is 0.929. The summed E-state index contributed by atoms with van der Waals surface area (Å²) in [5.41, 5.74) is 5.32. The molecule has 0 radical (unpaired) electrons. The van der Waals surface area contributed by atoms with Crippen molar-refractivity contribution in [2.75, 3.05) is 20.1 Å². The lowest BCUT2D eigenvalue weighted by Gasteiger charge is -2.34. The third kappa shape index (κ3) is 7.38. The van der Waals surface area contributed by atoms with Gasteiger partial charge in [0.15, 0.2) is 0 Å². The quantitative estimate of drug-likeness (QED) is 0.774. The maximum absolute atomic E-state index is 11.6. The van der Waals surface area contributed by atoms with E-state index in [0.29, 0.717) is 25.0 Å². The third-order valence-electron chi connectivity index (χ3n) is 3.34. The van der Waals surface area contributed by atoms with Crippen LogP contribution in [-0.2, 0) is 4.74 Å². The summed E-state index contributed by atoms with van der Waals surface area (Å²) < 4.78 is 5.21. The molecule has 0 spiro atoms. The van der Waals surface area contributed by atoms with Gasteiger partial charge >= 0.3 is 6.09 Å². The minimum absolute atomic E-state index is 0.116. The number of carbonyl (C=O) groups is 1. The summed E-state index contributed by atoms with van der Waals surface area (Å²) in [4.78, 5) is 13.8. The summed E-state index contributed by atoms with van der Waals surface area (Å²) in [6.07, 6.45) is -0.392. The van der Waals surface area contributed by atoms with Crippen molar-refractivity contribution < 1.29 is 9.53 Å². The number of nitrogens with two attached hydrogens (primary N) is 1. The number of likely N-dealkylation sites (N-methyl/N-ethyl adjacent to an activating group) is 1. The summed E-state index contributed by atoms with van der Waals surface area (Å²) >= 11 is 0. The molecular weight excluding hydrogens is 242 g/mol. The second-order valence-corrected chi connectivity index (χ2v) is 6.42. The molecule has 2 atom stereocenters. The number of nitrogens with one attached hydrogen (secondary N) is 1. The number of amides is 1. The first kappa shape index (κ1) is 18.2. The Hall–Kier alpha value is -0.810. The Kier molecular flexibility index (Phi) is 7.37. The zero-order chi connectivity index (χ0) is 15.2. The van der Waals surface area contributed by atoms with E-state index in [9.17, 15) is 4.79 Å². The number of rotatable bonds is 6. The van der Waals surface area contributed by atoms with Gasteiger partial charge in [-0.1, -0.05) is 13.8 Å². The van der Waals surface area contributed by atoms with E-state index in [1.165, 1.54) is 0 Å². The lowest BCUT2D eigenvalue weighted by atomic mass is 10.0. The molecule has 19 heavy (non-hydrogen) atoms. The van der Waals surface area contributed by atoms with Crippen LogP contribution in [0.15, 0.2) is 0 Å². The predicted molar refractivity (Wildman–Crippen MR) is 79.1 cm³/mol. The van der Waals surface area contributed by atoms with Crippen molar-refractivity contribution in [3.63, 3.8) is 0 Å². The van der Waals surface area contributed by atoms with E-state index in [4.69, 9.17) is 10.5 Å². The van der Waals surface area contributed by atoms with Crippen molar-refractivity contribution in [1.29, 1.82) is 0 Å². The SMILES string of the molecule is CC(C)C(C)N(C)C(CN)CNC(=O)OC(C)(C)C. The molecule has 114 valence electrons. The highest BCUT2D eigenvalue weighted by atomic mass is 16.6. The molecular formula is C14H31N3O2. The monoisotopic (exact) mass is 273 g/mol. The normalized spacial score (nSPS) is 15.5. The van der Waals surface area contributed by atoms with Gasteiger partial charge in [0.2, 0.25) is 0 Å². The molecule has 0 aliphatic rings. The fourth-order valence-corrected chi connectivity index (χ4v) is 1.71. The summed E-state index contributed by atoms with van der Waals surface area (Å²) in [7, 11) is 2.04. The van der Waals surface area contributed by atoms with E-state index >= 15 is 0 Å². The second-order valence-electron chi connectivity index (χ2n) is 6.42. The molecule has 0 saturated heterocycles. The molecule has 0 aromatic rings. The number of nitrogens with zero attached hydrogens (tertiary/aromatic N) is 1. The van der Waals surface area contributed by atoms with Gasteiger partial charge in [-0.2, -0.15) is 0 Å². The standard InChI is InChI=1S/C14H31N3O2/c1-10(2)11(3)17(7)12(8-15)9-16-13(18)19-14(4,5)6/h10-12H,8-9,15H2,1-7H3,(H,16,18). The van der Waals surface area contributed by atoms with Crippen molar-refractivity contribution in [3.8, 4) is 0 Å². The van der Waals surface area contributed by atoms with Crippen LogP contribution in [0.3, 0.4) is 0 Å². The van der Waals surface area contributed by atoms with E-state index < -0.39 is 11.7 Å². The lowest BCUT2D eigenvalue weighted by Crippen LogP contribution is -2.51. The van der Waals surface area contributed by atoms with Gasteiger partial charge in [0.1, 0.15) is 5.60 Å². The highest BCUT2D eigenvalue weighted by Crippen LogP contribution is 2.11. The zero-order valence-corrected chi connectivity index (χ0v) is 13.5. The molecule has 1 amide bonds. The second kappa shape index (κ2) is 7.70. The van der Waals surface area contributed by atoms with Crippen LogP contribution in [0.4, 0.5) is 4.79 Å². The predicted octanol–water partition coefficient (Wildman–Crippen LogP) is 1.81. The summed E-state index contributed by atoms with van der Waals surface area (Å²) in [6.45, 7) is 13.1. The van der Waals surface area contributed by atoms with Crippen LogP contribution in [0, 0.1) is 5.92 Å². The van der Waals surface area contributed by atoms with Gasteiger partial charge in [-0.3, -0.25) is 4.90 Å². The van der Waals surface area contributed by atoms with Crippen LogP contribution in [0.5, 0.6) is 0 Å². The lowest BCUT2D eigenvalue weighted by molar-refractivity contribution is 0.0501. The Bertz CT molecular complexity index is 274. The van der Waals surface area contributed by atoms with Crippen molar-refractivity contribution >= 4 is 6.09 Å². The molecule has 5 nitrogen and oxygen atoms in total. The molecule has 0 aliphatic heterocycles. The number of hydrogen-bond donors (Lipinski definition) is 2. The highest BCUT2D eigenvalue weighted by molar-refractivity contribution is 5.67. The maximum Gasteiger partial charge on any atom is 0.407 e. The number of hydrogen-bond acceptors (Lipinski definition) is 4. The van der Waals surface area contributed by atoms with Gasteiger partial charge in [0.25, 0.3) is 0 Å². The Labute approximate surface area is 117 Å². The molecule has 5 heteroatoms. The molecule has 2 unspecified atom stereocenters. The molecule has 0 aromatic heterocycles. The summed E-state index contributed by atoms with van der Waals surface area (Å²) in [5, 5.41) is 2.78. The number of ether oxygens (including phenoxy) is 1. The van der Waals surface area contributed by atoms with Crippen LogP contribution >= 0.6 is 0 Å². The zero-order valence-electron chi connectivity index (χ0n) is 13.5. The first-order valence-corrected chi connectivity index (χ1v) is 6.97. The van der Waals surface area contributed by atoms with Gasteiger partial charge in [0, 0.05) is 25.2 Å².